The Hall–Kier alpha value is -3.80. The largest absolute Gasteiger partial charge is 0.382 e. The number of aromatic nitrogens is 3. The second kappa shape index (κ2) is 11.1. The predicted octanol–water partition coefficient (Wildman–Crippen LogP) is 5.27. The molecule has 1 aliphatic heterocycles. The molecule has 0 spiro atoms. The quantitative estimate of drug-likeness (QED) is 0.255. The second-order valence-corrected chi connectivity index (χ2v) is 13.0. The molecule has 6 rings (SSSR count). The first-order valence-corrected chi connectivity index (χ1v) is 15.7. The third kappa shape index (κ3) is 5.28. The van der Waals surface area contributed by atoms with E-state index < -0.39 is 15.8 Å². The molecule has 3 heterocycles. The number of hydrogen-bond donors (Lipinski definition) is 3. The minimum atomic E-state index is -3.98. The van der Waals surface area contributed by atoms with E-state index in [1.165, 1.54) is 23.8 Å². The van der Waals surface area contributed by atoms with Crippen LogP contribution >= 0.6 is 0 Å². The van der Waals surface area contributed by atoms with E-state index >= 15 is 4.39 Å². The summed E-state index contributed by atoms with van der Waals surface area (Å²) in [6, 6.07) is 11.8. The van der Waals surface area contributed by atoms with Crippen LogP contribution in [0.4, 0.5) is 15.9 Å². The summed E-state index contributed by atoms with van der Waals surface area (Å²) in [7, 11) is -3.98. The molecule has 1 atom stereocenters. The molecule has 0 amide bonds. The summed E-state index contributed by atoms with van der Waals surface area (Å²) < 4.78 is 51.1. The molecule has 0 radical (unpaired) electrons. The van der Waals surface area contributed by atoms with E-state index in [1.807, 2.05) is 4.40 Å². The van der Waals surface area contributed by atoms with Crippen molar-refractivity contribution in [2.75, 3.05) is 23.7 Å². The second-order valence-electron chi connectivity index (χ2n) is 11.4. The van der Waals surface area contributed by atoms with E-state index in [1.54, 1.807) is 37.4 Å². The lowest BCUT2D eigenvalue weighted by Crippen LogP contribution is -2.50. The van der Waals surface area contributed by atoms with Crippen LogP contribution in [0.3, 0.4) is 0 Å². The van der Waals surface area contributed by atoms with Gasteiger partial charge in [-0.25, -0.2) is 22.8 Å². The summed E-state index contributed by atoms with van der Waals surface area (Å²) in [6.45, 7) is 7.34. The molecule has 2 aromatic heterocycles. The zero-order chi connectivity index (χ0) is 29.6. The lowest BCUT2D eigenvalue weighted by Gasteiger charge is -2.33. The van der Waals surface area contributed by atoms with Crippen molar-refractivity contribution in [3.63, 3.8) is 0 Å². The molecule has 1 fully saturated rings. The number of nitrogens with two attached hydrogens (primary N) is 1. The third-order valence-corrected chi connectivity index (χ3v) is 9.47. The van der Waals surface area contributed by atoms with Gasteiger partial charge in [-0.2, -0.15) is 0 Å². The highest BCUT2D eigenvalue weighted by atomic mass is 32.2. The van der Waals surface area contributed by atoms with Gasteiger partial charge in [0.15, 0.2) is 0 Å². The van der Waals surface area contributed by atoms with Gasteiger partial charge in [-0.05, 0) is 55.5 Å². The van der Waals surface area contributed by atoms with Crippen LogP contribution in [0, 0.1) is 12.7 Å². The fraction of sp³-hybridized carbons (Fsp3) is 0.355. The van der Waals surface area contributed by atoms with E-state index in [0.29, 0.717) is 40.2 Å². The molecule has 11 heteroatoms. The number of rotatable bonds is 8. The highest BCUT2D eigenvalue weighted by molar-refractivity contribution is 7.92. The van der Waals surface area contributed by atoms with Gasteiger partial charge in [0.25, 0.3) is 10.0 Å². The van der Waals surface area contributed by atoms with Gasteiger partial charge in [0, 0.05) is 17.5 Å². The Balaban J connectivity index is 1.36. The number of nitrogen functional groups attached to an aromatic ring is 1. The highest BCUT2D eigenvalue weighted by Gasteiger charge is 2.27. The molecule has 0 saturated carbocycles. The van der Waals surface area contributed by atoms with E-state index in [-0.39, 0.29) is 16.5 Å². The fourth-order valence-electron chi connectivity index (χ4n) is 5.67. The summed E-state index contributed by atoms with van der Waals surface area (Å²) in [4.78, 5) is 9.55. The highest BCUT2D eigenvalue weighted by Crippen LogP contribution is 2.37. The maximum absolute atomic E-state index is 15.4. The van der Waals surface area contributed by atoms with Gasteiger partial charge in [-0.15, -0.1) is 0 Å². The van der Waals surface area contributed by atoms with Crippen molar-refractivity contribution in [3.8, 4) is 11.3 Å². The van der Waals surface area contributed by atoms with Crippen LogP contribution in [0.25, 0.3) is 22.3 Å². The van der Waals surface area contributed by atoms with Crippen LogP contribution in [0.15, 0.2) is 59.6 Å². The predicted molar refractivity (Wildman–Crippen MR) is 162 cm³/mol. The topological polar surface area (TPSA) is 124 Å². The standard InChI is InChI=1S/C31H35FN6O3S/c1-18(2)31-36-28(21-10-13-25(24(32)14-21)37-42(39,40)27-7-5-4-6-19(27)3)29-30(33)34-15-26(38(29)31)20-8-11-22(12-9-20)35-23-16-41-17-23/h4-8,10,13-15,18,22-23,35,37H,9,11-12,16-17H2,1-3H3,(H2,33,34)/t22-/m0/s1. The zero-order valence-electron chi connectivity index (χ0n) is 23.9. The lowest BCUT2D eigenvalue weighted by molar-refractivity contribution is -0.0103. The van der Waals surface area contributed by atoms with E-state index in [2.05, 4.69) is 34.9 Å². The molecule has 2 aromatic carbocycles. The molecule has 1 aliphatic carbocycles. The first-order chi connectivity index (χ1) is 20.1. The van der Waals surface area contributed by atoms with Crippen molar-refractivity contribution in [3.05, 3.63) is 77.6 Å². The molecule has 0 unspecified atom stereocenters. The number of hydrogen-bond acceptors (Lipinski definition) is 7. The number of fused-ring (bicyclic) bond motifs is 1. The normalized spacial score (nSPS) is 17.8. The summed E-state index contributed by atoms with van der Waals surface area (Å²) in [6.07, 6.45) is 6.83. The average Bonchev–Trinajstić information content (AvgIpc) is 3.35. The van der Waals surface area contributed by atoms with Gasteiger partial charge in [-0.1, -0.05) is 44.2 Å². The number of aryl methyl sites for hydroxylation is 1. The number of nitrogens with one attached hydrogen (secondary N) is 2. The van der Waals surface area contributed by atoms with Crippen molar-refractivity contribution in [2.24, 2.45) is 0 Å². The Labute approximate surface area is 245 Å². The van der Waals surface area contributed by atoms with Crippen LogP contribution < -0.4 is 15.8 Å². The minimum Gasteiger partial charge on any atom is -0.382 e. The molecule has 9 nitrogen and oxygen atoms in total. The maximum atomic E-state index is 15.4. The molecule has 2 aliphatic rings. The lowest BCUT2D eigenvalue weighted by atomic mass is 9.92. The molecular weight excluding hydrogens is 555 g/mol. The van der Waals surface area contributed by atoms with Gasteiger partial charge in [0.2, 0.25) is 0 Å². The number of ether oxygens (including phenoxy) is 1. The minimum absolute atomic E-state index is 0.0501. The van der Waals surface area contributed by atoms with Gasteiger partial charge < -0.3 is 15.8 Å². The summed E-state index contributed by atoms with van der Waals surface area (Å²) in [5.74, 6) is 0.416. The van der Waals surface area contributed by atoms with Crippen molar-refractivity contribution in [1.82, 2.24) is 19.7 Å². The first kappa shape index (κ1) is 28.3. The van der Waals surface area contributed by atoms with Gasteiger partial charge in [0.1, 0.15) is 28.7 Å². The SMILES string of the molecule is Cc1ccccc1S(=O)(=O)Nc1ccc(-c2nc(C(C)C)n3c(C4=CC[C@H](NC5COC5)CC4)cnc(N)c23)cc1F. The Bertz CT molecular complexity index is 1800. The Morgan fingerprint density at radius 2 is 1.93 bits per heavy atom. The Morgan fingerprint density at radius 1 is 1.14 bits per heavy atom. The maximum Gasteiger partial charge on any atom is 0.262 e. The molecule has 0 bridgehead atoms. The first-order valence-electron chi connectivity index (χ1n) is 14.2. The number of sulfonamides is 1. The van der Waals surface area contributed by atoms with Gasteiger partial charge in [-0.3, -0.25) is 9.12 Å². The molecular formula is C31H35FN6O3S. The molecule has 4 N–H and O–H groups in total. The van der Waals surface area contributed by atoms with Crippen LogP contribution in [0.1, 0.15) is 56.1 Å². The van der Waals surface area contributed by atoms with Crippen LogP contribution in [-0.2, 0) is 14.8 Å². The van der Waals surface area contributed by atoms with E-state index in [4.69, 9.17) is 15.5 Å². The Kier molecular flexibility index (Phi) is 7.50. The monoisotopic (exact) mass is 590 g/mol. The summed E-state index contributed by atoms with van der Waals surface area (Å²) in [5.41, 5.74) is 10.5. The number of imidazole rings is 1. The van der Waals surface area contributed by atoms with Crippen LogP contribution in [0.5, 0.6) is 0 Å². The van der Waals surface area contributed by atoms with Gasteiger partial charge in [0.05, 0.1) is 41.7 Å². The smallest absolute Gasteiger partial charge is 0.262 e. The van der Waals surface area contributed by atoms with Crippen molar-refractivity contribution in [2.45, 2.75) is 62.9 Å². The summed E-state index contributed by atoms with van der Waals surface area (Å²) >= 11 is 0. The van der Waals surface area contributed by atoms with Crippen LogP contribution in [0.2, 0.25) is 0 Å². The van der Waals surface area contributed by atoms with Crippen molar-refractivity contribution in [1.29, 1.82) is 0 Å². The molecule has 4 aromatic rings. The average molecular weight is 591 g/mol. The molecule has 220 valence electrons. The molecule has 42 heavy (non-hydrogen) atoms. The van der Waals surface area contributed by atoms with E-state index in [9.17, 15) is 8.42 Å². The number of allylic oxidation sites excluding steroid dienone is 1. The number of anilines is 2. The third-order valence-electron chi connectivity index (χ3n) is 7.95. The van der Waals surface area contributed by atoms with Crippen LogP contribution in [-0.4, -0.2) is 48.1 Å². The fourth-order valence-corrected chi connectivity index (χ4v) is 6.98. The summed E-state index contributed by atoms with van der Waals surface area (Å²) in [5, 5.41) is 3.66. The van der Waals surface area contributed by atoms with Gasteiger partial charge >= 0.3 is 0 Å². The van der Waals surface area contributed by atoms with E-state index in [0.717, 1.165) is 44.0 Å². The zero-order valence-corrected chi connectivity index (χ0v) is 24.7. The number of nitrogens with zero attached hydrogens (tertiary/aromatic N) is 3. The van der Waals surface area contributed by atoms with Crippen molar-refractivity contribution < 1.29 is 17.5 Å². The number of benzene rings is 2. The molecule has 1 saturated heterocycles. The Morgan fingerprint density at radius 3 is 2.57 bits per heavy atom. The number of halogens is 1. The van der Waals surface area contributed by atoms with Crippen molar-refractivity contribution >= 4 is 32.6 Å².